The molecule has 0 unspecified atom stereocenters. The molecule has 0 spiro atoms. The van der Waals surface area contributed by atoms with Crippen LogP contribution in [0.5, 0.6) is 0 Å². The molecule has 0 rings (SSSR count). The van der Waals surface area contributed by atoms with Crippen LogP contribution in [0.3, 0.4) is 0 Å². The van der Waals surface area contributed by atoms with E-state index in [1.165, 1.54) is 0 Å². The average Bonchev–Trinajstić information content (AvgIpc) is 2.09. The second-order valence-electron chi connectivity index (χ2n) is 4.84. The monoisotopic (exact) mass is 357 g/mol. The lowest BCUT2D eigenvalue weighted by atomic mass is 10.2. The number of carbonyl (C=O) groups is 2. The van der Waals surface area contributed by atoms with Crippen molar-refractivity contribution in [2.24, 2.45) is 0 Å². The van der Waals surface area contributed by atoms with Gasteiger partial charge in [0.2, 0.25) is 0 Å². The summed E-state index contributed by atoms with van der Waals surface area (Å²) in [4.78, 5) is 23.1. The van der Waals surface area contributed by atoms with E-state index < -0.39 is 23.7 Å². The van der Waals surface area contributed by atoms with E-state index in [9.17, 15) is 9.59 Å². The zero-order valence-electron chi connectivity index (χ0n) is 10.9. The van der Waals surface area contributed by atoms with Gasteiger partial charge in [0.25, 0.3) is 0 Å². The van der Waals surface area contributed by atoms with Crippen LogP contribution in [0, 0.1) is 0 Å². The van der Waals surface area contributed by atoms with Crippen molar-refractivity contribution >= 4 is 34.7 Å². The van der Waals surface area contributed by atoms with Gasteiger partial charge >= 0.3 is 12.1 Å². The van der Waals surface area contributed by atoms with E-state index in [1.54, 1.807) is 34.6 Å². The molecule has 1 N–H and O–H groups in total. The lowest BCUT2D eigenvalue weighted by Gasteiger charge is -2.22. The highest BCUT2D eigenvalue weighted by Gasteiger charge is 2.25. The second kappa shape index (κ2) is 7.03. The molecule has 0 aromatic heterocycles. The third-order valence-corrected chi connectivity index (χ3v) is 2.36. The number of amides is 1. The van der Waals surface area contributed by atoms with Crippen molar-refractivity contribution < 1.29 is 19.1 Å². The van der Waals surface area contributed by atoms with E-state index in [0.29, 0.717) is 4.43 Å². The van der Waals surface area contributed by atoms with E-state index in [-0.39, 0.29) is 6.10 Å². The molecular formula is C11H20INO4. The number of esters is 1. The number of hydrogen-bond acceptors (Lipinski definition) is 4. The Kier molecular flexibility index (Phi) is 6.81. The van der Waals surface area contributed by atoms with Crippen molar-refractivity contribution in [1.82, 2.24) is 5.32 Å². The maximum atomic E-state index is 11.6. The lowest BCUT2D eigenvalue weighted by Crippen LogP contribution is -2.45. The van der Waals surface area contributed by atoms with Gasteiger partial charge in [-0.1, -0.05) is 22.6 Å². The quantitative estimate of drug-likeness (QED) is 0.476. The summed E-state index contributed by atoms with van der Waals surface area (Å²) < 4.78 is 10.5. The molecule has 0 heterocycles. The van der Waals surface area contributed by atoms with Gasteiger partial charge in [0, 0.05) is 4.43 Å². The molecule has 0 aromatic carbocycles. The minimum atomic E-state index is -0.673. The van der Waals surface area contributed by atoms with Crippen LogP contribution in [-0.4, -0.2) is 34.2 Å². The lowest BCUT2D eigenvalue weighted by molar-refractivity contribution is -0.149. The molecule has 0 aliphatic carbocycles. The summed E-state index contributed by atoms with van der Waals surface area (Å²) in [6, 6.07) is -0.673. The predicted molar refractivity (Wildman–Crippen MR) is 73.3 cm³/mol. The second-order valence-corrected chi connectivity index (χ2v) is 5.72. The summed E-state index contributed by atoms with van der Waals surface area (Å²) in [5.74, 6) is -0.444. The van der Waals surface area contributed by atoms with Crippen molar-refractivity contribution in [1.29, 1.82) is 0 Å². The zero-order valence-corrected chi connectivity index (χ0v) is 13.0. The third kappa shape index (κ3) is 8.23. The fourth-order valence-electron chi connectivity index (χ4n) is 0.925. The average molecular weight is 357 g/mol. The molecule has 0 aliphatic heterocycles. The molecule has 6 heteroatoms. The number of ether oxygens (including phenoxy) is 2. The predicted octanol–water partition coefficient (Wildman–Crippen LogP) is 2.27. The van der Waals surface area contributed by atoms with E-state index in [0.717, 1.165) is 0 Å². The molecule has 0 aliphatic rings. The summed E-state index contributed by atoms with van der Waals surface area (Å²) in [5.41, 5.74) is -0.581. The van der Waals surface area contributed by atoms with Gasteiger partial charge in [-0.3, -0.25) is 0 Å². The number of rotatable bonds is 4. The smallest absolute Gasteiger partial charge is 0.408 e. The molecule has 0 saturated heterocycles. The zero-order chi connectivity index (χ0) is 13.6. The van der Waals surface area contributed by atoms with Crippen molar-refractivity contribution in [3.05, 3.63) is 0 Å². The molecule has 5 nitrogen and oxygen atoms in total. The number of alkyl halides is 1. The van der Waals surface area contributed by atoms with Gasteiger partial charge in [0.1, 0.15) is 11.6 Å². The number of carbonyl (C=O) groups excluding carboxylic acids is 2. The first-order valence-electron chi connectivity index (χ1n) is 5.41. The number of hydrogen-bond donors (Lipinski definition) is 1. The third-order valence-electron chi connectivity index (χ3n) is 1.48. The SMILES string of the molecule is CC(C)OC(=O)[C@H](CI)NC(=O)OC(C)(C)C. The van der Waals surface area contributed by atoms with Crippen molar-refractivity contribution in [2.45, 2.75) is 52.4 Å². The largest absolute Gasteiger partial charge is 0.461 e. The van der Waals surface area contributed by atoms with Gasteiger partial charge in [0.15, 0.2) is 0 Å². The molecule has 1 amide bonds. The summed E-state index contributed by atoms with van der Waals surface area (Å²) in [5, 5.41) is 2.49. The van der Waals surface area contributed by atoms with Gasteiger partial charge in [-0.25, -0.2) is 9.59 Å². The summed E-state index contributed by atoms with van der Waals surface area (Å²) in [6.07, 6.45) is -0.812. The fraction of sp³-hybridized carbons (Fsp3) is 0.818. The fourth-order valence-corrected chi connectivity index (χ4v) is 1.50. The van der Waals surface area contributed by atoms with Crippen LogP contribution < -0.4 is 5.32 Å². The number of halogens is 1. The molecule has 0 fully saturated rings. The first-order chi connectivity index (χ1) is 7.65. The first kappa shape index (κ1) is 16.5. The van der Waals surface area contributed by atoms with Gasteiger partial charge in [-0.2, -0.15) is 0 Å². The molecule has 0 radical (unpaired) electrons. The Morgan fingerprint density at radius 3 is 2.18 bits per heavy atom. The van der Waals surface area contributed by atoms with E-state index in [2.05, 4.69) is 5.32 Å². The van der Waals surface area contributed by atoms with Crippen LogP contribution in [0.1, 0.15) is 34.6 Å². The Hall–Kier alpha value is -0.530. The van der Waals surface area contributed by atoms with Gasteiger partial charge in [-0.05, 0) is 34.6 Å². The van der Waals surface area contributed by atoms with Crippen LogP contribution in [0.15, 0.2) is 0 Å². The van der Waals surface area contributed by atoms with Crippen LogP contribution in [-0.2, 0) is 14.3 Å². The Morgan fingerprint density at radius 2 is 1.82 bits per heavy atom. The van der Waals surface area contributed by atoms with Crippen LogP contribution >= 0.6 is 22.6 Å². The van der Waals surface area contributed by atoms with E-state index in [4.69, 9.17) is 9.47 Å². The first-order valence-corrected chi connectivity index (χ1v) is 6.94. The number of nitrogens with one attached hydrogen (secondary N) is 1. The summed E-state index contributed by atoms with van der Waals surface area (Å²) in [6.45, 7) is 8.81. The minimum Gasteiger partial charge on any atom is -0.461 e. The molecule has 100 valence electrons. The highest BCUT2D eigenvalue weighted by molar-refractivity contribution is 14.1. The van der Waals surface area contributed by atoms with E-state index in [1.807, 2.05) is 22.6 Å². The molecule has 0 bridgehead atoms. The highest BCUT2D eigenvalue weighted by Crippen LogP contribution is 2.07. The normalized spacial score (nSPS) is 13.1. The van der Waals surface area contributed by atoms with Crippen molar-refractivity contribution in [3.63, 3.8) is 0 Å². The Balaban J connectivity index is 4.31. The maximum absolute atomic E-state index is 11.6. The molecule has 17 heavy (non-hydrogen) atoms. The van der Waals surface area contributed by atoms with Gasteiger partial charge < -0.3 is 14.8 Å². The standard InChI is InChI=1S/C11H20INO4/c1-7(2)16-9(14)8(6-12)13-10(15)17-11(3,4)5/h7-8H,6H2,1-5H3,(H,13,15)/t8-/m0/s1. The molecular weight excluding hydrogens is 337 g/mol. The Morgan fingerprint density at radius 1 is 1.29 bits per heavy atom. The van der Waals surface area contributed by atoms with Crippen molar-refractivity contribution in [2.75, 3.05) is 4.43 Å². The van der Waals surface area contributed by atoms with Gasteiger partial charge in [-0.15, -0.1) is 0 Å². The maximum Gasteiger partial charge on any atom is 0.408 e. The minimum absolute atomic E-state index is 0.201. The molecule has 0 saturated carbocycles. The summed E-state index contributed by atoms with van der Waals surface area (Å²) in [7, 11) is 0. The van der Waals surface area contributed by atoms with Crippen LogP contribution in [0.4, 0.5) is 4.79 Å². The Bertz CT molecular complexity index is 273. The van der Waals surface area contributed by atoms with E-state index >= 15 is 0 Å². The van der Waals surface area contributed by atoms with Crippen LogP contribution in [0.2, 0.25) is 0 Å². The van der Waals surface area contributed by atoms with Crippen LogP contribution in [0.25, 0.3) is 0 Å². The molecule has 0 aromatic rings. The number of alkyl carbamates (subject to hydrolysis) is 1. The van der Waals surface area contributed by atoms with Gasteiger partial charge in [0.05, 0.1) is 6.10 Å². The summed E-state index contributed by atoms with van der Waals surface area (Å²) >= 11 is 2.01. The highest BCUT2D eigenvalue weighted by atomic mass is 127. The topological polar surface area (TPSA) is 64.6 Å². The Labute approximate surface area is 116 Å². The molecule has 1 atom stereocenters. The van der Waals surface area contributed by atoms with Crippen molar-refractivity contribution in [3.8, 4) is 0 Å².